The van der Waals surface area contributed by atoms with Gasteiger partial charge < -0.3 is 15.4 Å². The van der Waals surface area contributed by atoms with Crippen molar-refractivity contribution in [2.24, 2.45) is 0 Å². The molecule has 2 rings (SSSR count). The maximum Gasteiger partial charge on any atom is 0.338 e. The number of hydrogen-bond acceptors (Lipinski definition) is 3. The Bertz CT molecular complexity index is 670. The number of urea groups is 1. The summed E-state index contributed by atoms with van der Waals surface area (Å²) in [6, 6.07) is 5.63. The summed E-state index contributed by atoms with van der Waals surface area (Å²) in [6.07, 6.45) is 0. The first-order valence-electron chi connectivity index (χ1n) is 6.45. The molecule has 2 amide bonds. The Morgan fingerprint density at radius 2 is 1.96 bits per heavy atom. The van der Waals surface area contributed by atoms with Gasteiger partial charge in [-0.05, 0) is 18.6 Å². The van der Waals surface area contributed by atoms with Crippen molar-refractivity contribution in [1.82, 2.24) is 10.6 Å². The number of carbonyl (C=O) groups is 2. The minimum atomic E-state index is -1.73. The van der Waals surface area contributed by atoms with Crippen LogP contribution >= 0.6 is 46.4 Å². The fraction of sp³-hybridized carbons (Fsp3) is 0.286. The molecule has 1 aromatic carbocycles. The number of hydrogen-bond donors (Lipinski definition) is 2. The van der Waals surface area contributed by atoms with Gasteiger partial charge in [0.05, 0.1) is 11.6 Å². The zero-order chi connectivity index (χ0) is 17.2. The molecular formula is C14H12Cl4N2O3. The average Bonchev–Trinajstić information content (AvgIpc) is 2.43. The molecule has 2 N–H and O–H groups in total. The summed E-state index contributed by atoms with van der Waals surface area (Å²) >= 11 is 22.9. The highest BCUT2D eigenvalue weighted by molar-refractivity contribution is 6.67. The Kier molecular flexibility index (Phi) is 5.68. The van der Waals surface area contributed by atoms with Crippen LogP contribution in [0, 0.1) is 0 Å². The number of carbonyl (C=O) groups excluding carboxylic acids is 2. The fourth-order valence-electron chi connectivity index (χ4n) is 2.13. The average molecular weight is 398 g/mol. The molecule has 0 fully saturated rings. The van der Waals surface area contributed by atoms with Crippen LogP contribution in [0.3, 0.4) is 0 Å². The van der Waals surface area contributed by atoms with E-state index in [2.05, 4.69) is 10.6 Å². The molecule has 1 atom stereocenters. The van der Waals surface area contributed by atoms with Crippen molar-refractivity contribution in [1.29, 1.82) is 0 Å². The molecule has 9 heteroatoms. The molecule has 0 unspecified atom stereocenters. The molecule has 1 aromatic rings. The third kappa shape index (κ3) is 4.67. The van der Waals surface area contributed by atoms with Gasteiger partial charge in [-0.1, -0.05) is 64.6 Å². The van der Waals surface area contributed by atoms with Crippen LogP contribution in [0.25, 0.3) is 0 Å². The maximum absolute atomic E-state index is 12.4. The van der Waals surface area contributed by atoms with E-state index in [0.29, 0.717) is 16.3 Å². The molecule has 23 heavy (non-hydrogen) atoms. The summed E-state index contributed by atoms with van der Waals surface area (Å²) in [7, 11) is 0. The second-order valence-electron chi connectivity index (χ2n) is 4.78. The molecule has 1 aliphatic heterocycles. The Hall–Kier alpha value is -1.14. The van der Waals surface area contributed by atoms with Crippen molar-refractivity contribution in [2.75, 3.05) is 6.61 Å². The minimum absolute atomic E-state index is 0.187. The number of allylic oxidation sites excluding steroid dienone is 1. The molecule has 0 aliphatic carbocycles. The maximum atomic E-state index is 12.4. The van der Waals surface area contributed by atoms with Gasteiger partial charge in [-0.3, -0.25) is 0 Å². The number of rotatable bonds is 3. The van der Waals surface area contributed by atoms with Crippen LogP contribution in [0.15, 0.2) is 35.5 Å². The lowest BCUT2D eigenvalue weighted by molar-refractivity contribution is -0.139. The fourth-order valence-corrected chi connectivity index (χ4v) is 2.54. The van der Waals surface area contributed by atoms with Crippen molar-refractivity contribution in [2.45, 2.75) is 16.8 Å². The van der Waals surface area contributed by atoms with Gasteiger partial charge >= 0.3 is 12.0 Å². The number of nitrogens with one attached hydrogen (secondary N) is 2. The van der Waals surface area contributed by atoms with Gasteiger partial charge in [-0.25, -0.2) is 9.59 Å². The summed E-state index contributed by atoms with van der Waals surface area (Å²) in [5.74, 6) is -0.716. The number of ether oxygens (including phenoxy) is 1. The van der Waals surface area contributed by atoms with Crippen molar-refractivity contribution in [3.05, 3.63) is 46.1 Å². The molecule has 1 aliphatic rings. The number of esters is 1. The summed E-state index contributed by atoms with van der Waals surface area (Å²) in [4.78, 5) is 24.1. The summed E-state index contributed by atoms with van der Waals surface area (Å²) in [5, 5.41) is 5.56. The zero-order valence-electron chi connectivity index (χ0n) is 11.8. The Morgan fingerprint density at radius 3 is 2.57 bits per heavy atom. The first kappa shape index (κ1) is 18.2. The SMILES string of the molecule is CC1=C(C(=O)OCC(Cl)(Cl)Cl)[C@@H](c2ccccc2Cl)NC(=O)N1. The standard InChI is InChI=1S/C14H12Cl4N2O3/c1-7-10(12(21)23-6-14(16,17)18)11(20-13(22)19-7)8-4-2-3-5-9(8)15/h2-5,11H,6H2,1H3,(H2,19,20,22)/t11-/m1/s1. The van der Waals surface area contributed by atoms with Crippen molar-refractivity contribution >= 4 is 58.4 Å². The van der Waals surface area contributed by atoms with E-state index in [1.807, 2.05) is 0 Å². The van der Waals surface area contributed by atoms with Crippen molar-refractivity contribution in [3.63, 3.8) is 0 Å². The van der Waals surface area contributed by atoms with E-state index in [9.17, 15) is 9.59 Å². The predicted molar refractivity (Wildman–Crippen MR) is 89.8 cm³/mol. The number of halogens is 4. The van der Waals surface area contributed by atoms with Gasteiger partial charge in [-0.15, -0.1) is 0 Å². The van der Waals surface area contributed by atoms with Crippen LogP contribution in [0.2, 0.25) is 5.02 Å². The van der Waals surface area contributed by atoms with Gasteiger partial charge in [0.2, 0.25) is 3.79 Å². The third-order valence-electron chi connectivity index (χ3n) is 3.07. The lowest BCUT2D eigenvalue weighted by atomic mass is 9.95. The predicted octanol–water partition coefficient (Wildman–Crippen LogP) is 3.88. The lowest BCUT2D eigenvalue weighted by Gasteiger charge is -2.29. The largest absolute Gasteiger partial charge is 0.458 e. The molecule has 0 saturated carbocycles. The number of alkyl halides is 3. The highest BCUT2D eigenvalue weighted by atomic mass is 35.6. The molecule has 0 spiro atoms. The number of benzene rings is 1. The van der Waals surface area contributed by atoms with E-state index >= 15 is 0 Å². The monoisotopic (exact) mass is 396 g/mol. The highest BCUT2D eigenvalue weighted by Crippen LogP contribution is 2.33. The van der Waals surface area contributed by atoms with Crippen LogP contribution < -0.4 is 10.6 Å². The van der Waals surface area contributed by atoms with Gasteiger partial charge in [0.25, 0.3) is 0 Å². The van der Waals surface area contributed by atoms with E-state index in [1.165, 1.54) is 0 Å². The Balaban J connectivity index is 2.36. The van der Waals surface area contributed by atoms with Crippen LogP contribution in [0.4, 0.5) is 4.79 Å². The van der Waals surface area contributed by atoms with Crippen molar-refractivity contribution < 1.29 is 14.3 Å². The van der Waals surface area contributed by atoms with Gasteiger partial charge in [0.1, 0.15) is 6.61 Å². The van der Waals surface area contributed by atoms with Crippen molar-refractivity contribution in [3.8, 4) is 0 Å². The van der Waals surface area contributed by atoms with Crippen LogP contribution in [0.1, 0.15) is 18.5 Å². The molecule has 1 heterocycles. The minimum Gasteiger partial charge on any atom is -0.458 e. The van der Waals surface area contributed by atoms with E-state index < -0.39 is 28.4 Å². The molecule has 0 aromatic heterocycles. The first-order chi connectivity index (χ1) is 10.7. The molecule has 0 bridgehead atoms. The summed E-state index contributed by atoms with van der Waals surface area (Å²) in [5.41, 5.74) is 1.09. The van der Waals surface area contributed by atoms with E-state index in [-0.39, 0.29) is 5.57 Å². The molecule has 0 radical (unpaired) electrons. The van der Waals surface area contributed by atoms with E-state index in [4.69, 9.17) is 51.1 Å². The molecule has 124 valence electrons. The smallest absolute Gasteiger partial charge is 0.338 e. The molecular weight excluding hydrogens is 386 g/mol. The second-order valence-corrected chi connectivity index (χ2v) is 7.71. The van der Waals surface area contributed by atoms with E-state index in [0.717, 1.165) is 0 Å². The van der Waals surface area contributed by atoms with Crippen LogP contribution in [0.5, 0.6) is 0 Å². The van der Waals surface area contributed by atoms with Gasteiger partial charge in [0, 0.05) is 10.7 Å². The third-order valence-corrected chi connectivity index (χ3v) is 3.74. The Labute approximate surface area is 152 Å². The van der Waals surface area contributed by atoms with Crippen LogP contribution in [-0.2, 0) is 9.53 Å². The summed E-state index contributed by atoms with van der Waals surface area (Å²) < 4.78 is 3.29. The normalized spacial score (nSPS) is 18.3. The highest BCUT2D eigenvalue weighted by Gasteiger charge is 2.34. The van der Waals surface area contributed by atoms with Crippen LogP contribution in [-0.4, -0.2) is 22.4 Å². The first-order valence-corrected chi connectivity index (χ1v) is 7.97. The molecule has 0 saturated heterocycles. The topological polar surface area (TPSA) is 67.4 Å². The second kappa shape index (κ2) is 7.18. The number of amides is 2. The summed E-state index contributed by atoms with van der Waals surface area (Å²) in [6.45, 7) is 1.16. The molecule has 5 nitrogen and oxygen atoms in total. The quantitative estimate of drug-likeness (QED) is 0.600. The lowest BCUT2D eigenvalue weighted by Crippen LogP contribution is -2.45. The van der Waals surface area contributed by atoms with Gasteiger partial charge in [0.15, 0.2) is 0 Å². The Morgan fingerprint density at radius 1 is 1.30 bits per heavy atom. The van der Waals surface area contributed by atoms with Gasteiger partial charge in [-0.2, -0.15) is 0 Å². The zero-order valence-corrected chi connectivity index (χ0v) is 14.9. The van der Waals surface area contributed by atoms with E-state index in [1.54, 1.807) is 31.2 Å².